The Morgan fingerprint density at radius 2 is 1.76 bits per heavy atom. The summed E-state index contributed by atoms with van der Waals surface area (Å²) < 4.78 is 6.00. The lowest BCUT2D eigenvalue weighted by molar-refractivity contribution is 0.275. The third-order valence-electron chi connectivity index (χ3n) is 3.68. The predicted molar refractivity (Wildman–Crippen MR) is 87.3 cm³/mol. The summed E-state index contributed by atoms with van der Waals surface area (Å²) in [5.74, 6) is 1.55. The second-order valence-corrected chi connectivity index (χ2v) is 5.93. The SMILES string of the molecule is CC(C)C[C@H]1COc2ccccc2C(c2ccccc2)=N1. The number of hydrogen-bond donors (Lipinski definition) is 0. The molecule has 2 nitrogen and oxygen atoms in total. The van der Waals surface area contributed by atoms with Gasteiger partial charge in [0, 0.05) is 11.1 Å². The highest BCUT2D eigenvalue weighted by Crippen LogP contribution is 2.27. The maximum atomic E-state index is 6.00. The van der Waals surface area contributed by atoms with Gasteiger partial charge in [-0.1, -0.05) is 56.3 Å². The van der Waals surface area contributed by atoms with Crippen molar-refractivity contribution in [3.8, 4) is 5.75 Å². The van der Waals surface area contributed by atoms with E-state index in [2.05, 4.69) is 44.2 Å². The standard InChI is InChI=1S/C19H21NO/c1-14(2)12-16-13-21-18-11-7-6-10-17(18)19(20-16)15-8-4-3-5-9-15/h3-11,14,16H,12-13H2,1-2H3/t16-/m0/s1. The molecule has 1 aliphatic rings. The summed E-state index contributed by atoms with van der Waals surface area (Å²) in [4.78, 5) is 5.02. The number of hydrogen-bond acceptors (Lipinski definition) is 2. The quantitative estimate of drug-likeness (QED) is 0.819. The van der Waals surface area contributed by atoms with E-state index in [0.29, 0.717) is 12.5 Å². The molecule has 1 heterocycles. The summed E-state index contributed by atoms with van der Waals surface area (Å²) in [5.41, 5.74) is 3.30. The Kier molecular flexibility index (Phi) is 4.05. The monoisotopic (exact) mass is 279 g/mol. The molecule has 0 saturated heterocycles. The van der Waals surface area contributed by atoms with Gasteiger partial charge in [0.2, 0.25) is 0 Å². The van der Waals surface area contributed by atoms with Crippen LogP contribution in [0.15, 0.2) is 59.6 Å². The first-order valence-electron chi connectivity index (χ1n) is 7.59. The minimum absolute atomic E-state index is 0.215. The molecule has 0 radical (unpaired) electrons. The summed E-state index contributed by atoms with van der Waals surface area (Å²) in [6.07, 6.45) is 1.05. The molecule has 108 valence electrons. The number of ether oxygens (including phenoxy) is 1. The van der Waals surface area contributed by atoms with Crippen LogP contribution in [0.4, 0.5) is 0 Å². The molecule has 1 atom stereocenters. The minimum Gasteiger partial charge on any atom is -0.491 e. The third kappa shape index (κ3) is 3.15. The van der Waals surface area contributed by atoms with Gasteiger partial charge in [-0.2, -0.15) is 0 Å². The van der Waals surface area contributed by atoms with Gasteiger partial charge in [0.15, 0.2) is 0 Å². The topological polar surface area (TPSA) is 21.6 Å². The molecule has 0 aromatic heterocycles. The van der Waals surface area contributed by atoms with Crippen LogP contribution in [0.5, 0.6) is 5.75 Å². The predicted octanol–water partition coefficient (Wildman–Crippen LogP) is 4.33. The van der Waals surface area contributed by atoms with Gasteiger partial charge in [0.25, 0.3) is 0 Å². The van der Waals surface area contributed by atoms with E-state index in [4.69, 9.17) is 9.73 Å². The lowest BCUT2D eigenvalue weighted by Gasteiger charge is -2.13. The summed E-state index contributed by atoms with van der Waals surface area (Å²) >= 11 is 0. The van der Waals surface area contributed by atoms with Crippen molar-refractivity contribution in [2.45, 2.75) is 26.3 Å². The summed E-state index contributed by atoms with van der Waals surface area (Å²) in [5, 5.41) is 0. The van der Waals surface area contributed by atoms with Gasteiger partial charge < -0.3 is 4.74 Å². The van der Waals surface area contributed by atoms with Crippen molar-refractivity contribution in [3.05, 3.63) is 65.7 Å². The first-order valence-corrected chi connectivity index (χ1v) is 7.59. The van der Waals surface area contributed by atoms with Crippen LogP contribution < -0.4 is 4.74 Å². The van der Waals surface area contributed by atoms with E-state index in [1.165, 1.54) is 0 Å². The molecule has 0 N–H and O–H groups in total. The van der Waals surface area contributed by atoms with E-state index in [0.717, 1.165) is 29.0 Å². The highest BCUT2D eigenvalue weighted by atomic mass is 16.5. The molecule has 0 bridgehead atoms. The van der Waals surface area contributed by atoms with Crippen molar-refractivity contribution < 1.29 is 4.74 Å². The molecule has 0 saturated carbocycles. The molecule has 1 aliphatic heterocycles. The normalized spacial score (nSPS) is 17.7. The molecule has 0 fully saturated rings. The average Bonchev–Trinajstić information content (AvgIpc) is 2.68. The Hall–Kier alpha value is -2.09. The molecular formula is C19H21NO. The number of aliphatic imine (C=N–C) groups is 1. The van der Waals surface area contributed by atoms with Crippen molar-refractivity contribution in [2.24, 2.45) is 10.9 Å². The zero-order valence-electron chi connectivity index (χ0n) is 12.6. The average molecular weight is 279 g/mol. The van der Waals surface area contributed by atoms with Gasteiger partial charge in [0.1, 0.15) is 12.4 Å². The summed E-state index contributed by atoms with van der Waals surface area (Å²) in [6, 6.07) is 18.8. The molecule has 0 spiro atoms. The van der Waals surface area contributed by atoms with E-state index in [1.54, 1.807) is 0 Å². The Morgan fingerprint density at radius 3 is 2.52 bits per heavy atom. The van der Waals surface area contributed by atoms with Crippen LogP contribution in [-0.2, 0) is 0 Å². The fourth-order valence-corrected chi connectivity index (χ4v) is 2.75. The van der Waals surface area contributed by atoms with Gasteiger partial charge in [-0.05, 0) is 24.5 Å². The Morgan fingerprint density at radius 1 is 1.05 bits per heavy atom. The molecule has 2 aromatic carbocycles. The fourth-order valence-electron chi connectivity index (χ4n) is 2.75. The Balaban J connectivity index is 2.06. The van der Waals surface area contributed by atoms with Crippen LogP contribution in [-0.4, -0.2) is 18.4 Å². The summed E-state index contributed by atoms with van der Waals surface area (Å²) in [7, 11) is 0. The first-order chi connectivity index (χ1) is 10.2. The zero-order valence-corrected chi connectivity index (χ0v) is 12.6. The smallest absolute Gasteiger partial charge is 0.128 e. The number of nitrogens with zero attached hydrogens (tertiary/aromatic N) is 1. The van der Waals surface area contributed by atoms with E-state index in [9.17, 15) is 0 Å². The lowest BCUT2D eigenvalue weighted by atomic mass is 10.0. The minimum atomic E-state index is 0.215. The molecular weight excluding hydrogens is 258 g/mol. The van der Waals surface area contributed by atoms with Crippen molar-refractivity contribution in [1.29, 1.82) is 0 Å². The number of para-hydroxylation sites is 1. The first kappa shape index (κ1) is 13.9. The van der Waals surface area contributed by atoms with Gasteiger partial charge in [-0.3, -0.25) is 4.99 Å². The zero-order chi connectivity index (χ0) is 14.7. The molecule has 2 heteroatoms. The second kappa shape index (κ2) is 6.13. The second-order valence-electron chi connectivity index (χ2n) is 5.93. The van der Waals surface area contributed by atoms with E-state index >= 15 is 0 Å². The van der Waals surface area contributed by atoms with Crippen molar-refractivity contribution in [2.75, 3.05) is 6.61 Å². The molecule has 0 aliphatic carbocycles. The van der Waals surface area contributed by atoms with Crippen LogP contribution in [0, 0.1) is 5.92 Å². The van der Waals surface area contributed by atoms with Crippen LogP contribution in [0.2, 0.25) is 0 Å². The molecule has 21 heavy (non-hydrogen) atoms. The molecule has 3 rings (SSSR count). The third-order valence-corrected chi connectivity index (χ3v) is 3.68. The van der Waals surface area contributed by atoms with Gasteiger partial charge in [0.05, 0.1) is 11.8 Å². The van der Waals surface area contributed by atoms with Gasteiger partial charge >= 0.3 is 0 Å². The van der Waals surface area contributed by atoms with Crippen molar-refractivity contribution >= 4 is 5.71 Å². The van der Waals surface area contributed by atoms with Crippen LogP contribution in [0.25, 0.3) is 0 Å². The van der Waals surface area contributed by atoms with Gasteiger partial charge in [-0.15, -0.1) is 0 Å². The molecule has 0 unspecified atom stereocenters. The maximum absolute atomic E-state index is 6.00. The highest BCUT2D eigenvalue weighted by Gasteiger charge is 2.21. The van der Waals surface area contributed by atoms with E-state index < -0.39 is 0 Å². The largest absolute Gasteiger partial charge is 0.491 e. The van der Waals surface area contributed by atoms with Crippen molar-refractivity contribution in [3.63, 3.8) is 0 Å². The van der Waals surface area contributed by atoms with Crippen LogP contribution in [0.3, 0.4) is 0 Å². The number of rotatable bonds is 3. The number of fused-ring (bicyclic) bond motifs is 1. The molecule has 2 aromatic rings. The highest BCUT2D eigenvalue weighted by molar-refractivity contribution is 6.14. The van der Waals surface area contributed by atoms with Crippen LogP contribution >= 0.6 is 0 Å². The molecule has 0 amide bonds. The van der Waals surface area contributed by atoms with E-state index in [-0.39, 0.29) is 6.04 Å². The Labute approximate surface area is 126 Å². The van der Waals surface area contributed by atoms with Crippen molar-refractivity contribution in [1.82, 2.24) is 0 Å². The lowest BCUT2D eigenvalue weighted by Crippen LogP contribution is -2.18. The van der Waals surface area contributed by atoms with Crippen LogP contribution in [0.1, 0.15) is 31.4 Å². The fraction of sp³-hybridized carbons (Fsp3) is 0.316. The maximum Gasteiger partial charge on any atom is 0.128 e. The Bertz CT molecular complexity index is 631. The number of benzene rings is 2. The summed E-state index contributed by atoms with van der Waals surface area (Å²) in [6.45, 7) is 5.12. The van der Waals surface area contributed by atoms with Gasteiger partial charge in [-0.25, -0.2) is 0 Å². The van der Waals surface area contributed by atoms with E-state index in [1.807, 2.05) is 24.3 Å².